The summed E-state index contributed by atoms with van der Waals surface area (Å²) in [5.74, 6) is 0.190. The maximum absolute atomic E-state index is 12.6. The zero-order valence-electron chi connectivity index (χ0n) is 13.8. The SMILES string of the molecule is Cc1csc(C2CCCCN2C(=O)CCOCC2CCCO2)n1. The van der Waals surface area contributed by atoms with Crippen molar-refractivity contribution in [2.45, 2.75) is 57.6 Å². The Morgan fingerprint density at radius 2 is 2.35 bits per heavy atom. The molecule has 0 spiro atoms. The molecule has 5 nitrogen and oxygen atoms in total. The Balaban J connectivity index is 1.48. The number of hydrogen-bond donors (Lipinski definition) is 0. The van der Waals surface area contributed by atoms with E-state index in [-0.39, 0.29) is 18.1 Å². The molecule has 2 fully saturated rings. The molecule has 0 N–H and O–H groups in total. The molecule has 0 radical (unpaired) electrons. The molecule has 23 heavy (non-hydrogen) atoms. The summed E-state index contributed by atoms with van der Waals surface area (Å²) < 4.78 is 11.2. The van der Waals surface area contributed by atoms with Gasteiger partial charge < -0.3 is 14.4 Å². The lowest BCUT2D eigenvalue weighted by Crippen LogP contribution is -2.39. The van der Waals surface area contributed by atoms with Crippen LogP contribution in [-0.2, 0) is 14.3 Å². The van der Waals surface area contributed by atoms with Gasteiger partial charge in [0.05, 0.1) is 31.8 Å². The molecular weight excluding hydrogens is 312 g/mol. The maximum atomic E-state index is 12.6. The summed E-state index contributed by atoms with van der Waals surface area (Å²) in [4.78, 5) is 19.2. The Bertz CT molecular complexity index is 514. The van der Waals surface area contributed by atoms with Gasteiger partial charge in [-0.1, -0.05) is 0 Å². The monoisotopic (exact) mass is 338 g/mol. The van der Waals surface area contributed by atoms with Gasteiger partial charge in [-0.2, -0.15) is 0 Å². The first kappa shape index (κ1) is 16.9. The molecule has 2 aliphatic rings. The summed E-state index contributed by atoms with van der Waals surface area (Å²) in [6.07, 6.45) is 6.15. The van der Waals surface area contributed by atoms with Crippen LogP contribution in [-0.4, -0.2) is 48.3 Å². The Morgan fingerprint density at radius 1 is 1.43 bits per heavy atom. The Kier molecular flexibility index (Phi) is 6.02. The number of carbonyl (C=O) groups excluding carboxylic acids is 1. The van der Waals surface area contributed by atoms with Crippen molar-refractivity contribution in [1.82, 2.24) is 9.88 Å². The average Bonchev–Trinajstić information content (AvgIpc) is 3.23. The second-order valence-electron chi connectivity index (χ2n) is 6.39. The van der Waals surface area contributed by atoms with Gasteiger partial charge in [-0.15, -0.1) is 11.3 Å². The van der Waals surface area contributed by atoms with E-state index in [2.05, 4.69) is 10.4 Å². The number of nitrogens with zero attached hydrogens (tertiary/aromatic N) is 2. The van der Waals surface area contributed by atoms with Crippen molar-refractivity contribution in [2.75, 3.05) is 26.4 Å². The van der Waals surface area contributed by atoms with Gasteiger partial charge in [0.1, 0.15) is 5.01 Å². The van der Waals surface area contributed by atoms with E-state index >= 15 is 0 Å². The maximum Gasteiger partial charge on any atom is 0.225 e. The first-order valence-corrected chi connectivity index (χ1v) is 9.53. The van der Waals surface area contributed by atoms with Crippen molar-refractivity contribution in [3.8, 4) is 0 Å². The number of rotatable bonds is 6. The largest absolute Gasteiger partial charge is 0.378 e. The minimum atomic E-state index is 0.160. The molecule has 2 unspecified atom stereocenters. The van der Waals surface area contributed by atoms with Crippen molar-refractivity contribution < 1.29 is 14.3 Å². The zero-order chi connectivity index (χ0) is 16.1. The van der Waals surface area contributed by atoms with Crippen LogP contribution in [0.4, 0.5) is 0 Å². The fraction of sp³-hybridized carbons (Fsp3) is 0.765. The van der Waals surface area contributed by atoms with Crippen LogP contribution >= 0.6 is 11.3 Å². The molecule has 0 bridgehead atoms. The molecule has 2 saturated heterocycles. The van der Waals surface area contributed by atoms with Crippen LogP contribution in [0, 0.1) is 6.92 Å². The smallest absolute Gasteiger partial charge is 0.225 e. The minimum absolute atomic E-state index is 0.160. The van der Waals surface area contributed by atoms with Gasteiger partial charge in [-0.3, -0.25) is 4.79 Å². The highest BCUT2D eigenvalue weighted by Gasteiger charge is 2.29. The quantitative estimate of drug-likeness (QED) is 0.748. The number of thiazole rings is 1. The number of aryl methyl sites for hydroxylation is 1. The van der Waals surface area contributed by atoms with Crippen molar-refractivity contribution >= 4 is 17.2 Å². The molecular formula is C17H26N2O3S. The highest BCUT2D eigenvalue weighted by Crippen LogP contribution is 2.33. The molecule has 128 valence electrons. The van der Waals surface area contributed by atoms with Gasteiger partial charge in [0.15, 0.2) is 0 Å². The lowest BCUT2D eigenvalue weighted by molar-refractivity contribution is -0.136. The standard InChI is InChI=1S/C17H26N2O3S/c1-13-12-23-17(18-13)15-6-2-3-8-19(15)16(20)7-10-21-11-14-5-4-9-22-14/h12,14-15H,2-11H2,1H3. The predicted molar refractivity (Wildman–Crippen MR) is 89.6 cm³/mol. The fourth-order valence-corrected chi connectivity index (χ4v) is 4.25. The number of carbonyl (C=O) groups is 1. The molecule has 0 saturated carbocycles. The van der Waals surface area contributed by atoms with E-state index in [1.54, 1.807) is 11.3 Å². The predicted octanol–water partition coefficient (Wildman–Crippen LogP) is 3.09. The van der Waals surface area contributed by atoms with E-state index in [0.29, 0.717) is 19.6 Å². The van der Waals surface area contributed by atoms with Gasteiger partial charge >= 0.3 is 0 Å². The highest BCUT2D eigenvalue weighted by atomic mass is 32.1. The summed E-state index contributed by atoms with van der Waals surface area (Å²) in [6, 6.07) is 0.160. The van der Waals surface area contributed by atoms with Crippen LogP contribution in [0.1, 0.15) is 55.3 Å². The van der Waals surface area contributed by atoms with Crippen molar-refractivity contribution in [2.24, 2.45) is 0 Å². The second kappa shape index (κ2) is 8.22. The number of piperidine rings is 1. The molecule has 6 heteroatoms. The van der Waals surface area contributed by atoms with Crippen LogP contribution < -0.4 is 0 Å². The van der Waals surface area contributed by atoms with E-state index in [1.807, 2.05) is 11.8 Å². The fourth-order valence-electron chi connectivity index (χ4n) is 3.31. The normalized spacial score (nSPS) is 25.0. The number of amides is 1. The van der Waals surface area contributed by atoms with E-state index < -0.39 is 0 Å². The van der Waals surface area contributed by atoms with Crippen LogP contribution in [0.15, 0.2) is 5.38 Å². The molecule has 1 amide bonds. The molecule has 2 atom stereocenters. The number of ether oxygens (including phenoxy) is 2. The van der Waals surface area contributed by atoms with Gasteiger partial charge in [0.25, 0.3) is 0 Å². The average molecular weight is 338 g/mol. The molecule has 1 aromatic heterocycles. The van der Waals surface area contributed by atoms with Crippen LogP contribution in [0.2, 0.25) is 0 Å². The van der Waals surface area contributed by atoms with Crippen LogP contribution in [0.25, 0.3) is 0 Å². The molecule has 3 heterocycles. The van der Waals surface area contributed by atoms with Crippen LogP contribution in [0.3, 0.4) is 0 Å². The lowest BCUT2D eigenvalue weighted by atomic mass is 10.0. The Morgan fingerprint density at radius 3 is 3.09 bits per heavy atom. The minimum Gasteiger partial charge on any atom is -0.378 e. The molecule has 1 aromatic rings. The molecule has 0 aromatic carbocycles. The van der Waals surface area contributed by atoms with E-state index in [4.69, 9.17) is 9.47 Å². The summed E-state index contributed by atoms with van der Waals surface area (Å²) in [5, 5.41) is 3.15. The highest BCUT2D eigenvalue weighted by molar-refractivity contribution is 7.09. The van der Waals surface area contributed by atoms with Crippen molar-refractivity contribution in [3.63, 3.8) is 0 Å². The van der Waals surface area contributed by atoms with Gasteiger partial charge in [-0.05, 0) is 39.0 Å². The van der Waals surface area contributed by atoms with E-state index in [0.717, 1.165) is 49.5 Å². The lowest BCUT2D eigenvalue weighted by Gasteiger charge is -2.34. The number of likely N-dealkylation sites (tertiary alicyclic amines) is 1. The Labute approximate surface area is 142 Å². The first-order chi connectivity index (χ1) is 11.2. The molecule has 3 rings (SSSR count). The summed E-state index contributed by atoms with van der Waals surface area (Å²) in [6.45, 7) is 4.79. The van der Waals surface area contributed by atoms with E-state index in [1.165, 1.54) is 6.42 Å². The summed E-state index contributed by atoms with van der Waals surface area (Å²) in [7, 11) is 0. The van der Waals surface area contributed by atoms with Crippen molar-refractivity contribution in [1.29, 1.82) is 0 Å². The third-order valence-electron chi connectivity index (χ3n) is 4.53. The topological polar surface area (TPSA) is 51.7 Å². The number of hydrogen-bond acceptors (Lipinski definition) is 5. The van der Waals surface area contributed by atoms with Gasteiger partial charge in [0, 0.05) is 24.2 Å². The number of aromatic nitrogens is 1. The Hall–Kier alpha value is -0.980. The van der Waals surface area contributed by atoms with Gasteiger partial charge in [-0.25, -0.2) is 4.98 Å². The second-order valence-corrected chi connectivity index (χ2v) is 7.28. The third kappa shape index (κ3) is 4.52. The first-order valence-electron chi connectivity index (χ1n) is 8.65. The van der Waals surface area contributed by atoms with E-state index in [9.17, 15) is 4.79 Å². The van der Waals surface area contributed by atoms with Crippen molar-refractivity contribution in [3.05, 3.63) is 16.1 Å². The summed E-state index contributed by atoms with van der Waals surface area (Å²) >= 11 is 1.67. The summed E-state index contributed by atoms with van der Waals surface area (Å²) in [5.41, 5.74) is 1.04. The van der Waals surface area contributed by atoms with Crippen LogP contribution in [0.5, 0.6) is 0 Å². The zero-order valence-corrected chi connectivity index (χ0v) is 14.6. The molecule has 0 aliphatic carbocycles. The van der Waals surface area contributed by atoms with Gasteiger partial charge in [0.2, 0.25) is 5.91 Å². The molecule has 2 aliphatic heterocycles. The third-order valence-corrected chi connectivity index (χ3v) is 5.60.